The average Bonchev–Trinajstić information content (AvgIpc) is 2.30. The standard InChI is InChI=1S/C13H16BrNO4/c1-8(6-13(17)18)5-12(16)15-11-7-9(19-2)3-4-10(11)14/h3-4,7-8H,5-6H2,1-2H3,(H,15,16)(H,17,18). The number of carboxylic acid groups (broad SMARTS) is 1. The molecule has 0 aromatic heterocycles. The van der Waals surface area contributed by atoms with Crippen LogP contribution in [0.3, 0.4) is 0 Å². The zero-order chi connectivity index (χ0) is 14.4. The number of hydrogen-bond donors (Lipinski definition) is 2. The van der Waals surface area contributed by atoms with E-state index in [0.717, 1.165) is 4.47 Å². The summed E-state index contributed by atoms with van der Waals surface area (Å²) in [5.74, 6) is -0.690. The zero-order valence-electron chi connectivity index (χ0n) is 10.8. The van der Waals surface area contributed by atoms with Gasteiger partial charge in [-0.3, -0.25) is 9.59 Å². The van der Waals surface area contributed by atoms with Crippen LogP contribution in [-0.2, 0) is 9.59 Å². The molecule has 1 unspecified atom stereocenters. The summed E-state index contributed by atoms with van der Waals surface area (Å²) in [5.41, 5.74) is 0.604. The van der Waals surface area contributed by atoms with Gasteiger partial charge in [-0.25, -0.2) is 0 Å². The fraction of sp³-hybridized carbons (Fsp3) is 0.385. The summed E-state index contributed by atoms with van der Waals surface area (Å²) >= 11 is 3.33. The van der Waals surface area contributed by atoms with Crippen molar-refractivity contribution >= 4 is 33.5 Å². The van der Waals surface area contributed by atoms with Crippen LogP contribution in [-0.4, -0.2) is 24.1 Å². The van der Waals surface area contributed by atoms with Crippen LogP contribution in [0.4, 0.5) is 5.69 Å². The van der Waals surface area contributed by atoms with Gasteiger partial charge in [0, 0.05) is 23.4 Å². The van der Waals surface area contributed by atoms with Gasteiger partial charge in [0.05, 0.1) is 12.8 Å². The lowest BCUT2D eigenvalue weighted by Crippen LogP contribution is -2.17. The highest BCUT2D eigenvalue weighted by Crippen LogP contribution is 2.27. The van der Waals surface area contributed by atoms with Crippen LogP contribution in [0.15, 0.2) is 22.7 Å². The van der Waals surface area contributed by atoms with Crippen molar-refractivity contribution in [2.24, 2.45) is 5.92 Å². The third-order valence-corrected chi connectivity index (χ3v) is 3.20. The number of anilines is 1. The third-order valence-electron chi connectivity index (χ3n) is 2.50. The molecule has 19 heavy (non-hydrogen) atoms. The molecule has 0 fully saturated rings. The number of nitrogens with one attached hydrogen (secondary N) is 1. The minimum absolute atomic E-state index is 0.0211. The van der Waals surface area contributed by atoms with E-state index in [4.69, 9.17) is 9.84 Å². The summed E-state index contributed by atoms with van der Waals surface area (Å²) in [6, 6.07) is 5.24. The van der Waals surface area contributed by atoms with Gasteiger partial charge < -0.3 is 15.2 Å². The van der Waals surface area contributed by atoms with Gasteiger partial charge in [-0.15, -0.1) is 0 Å². The Morgan fingerprint density at radius 3 is 2.68 bits per heavy atom. The Hall–Kier alpha value is -1.56. The highest BCUT2D eigenvalue weighted by atomic mass is 79.9. The minimum Gasteiger partial charge on any atom is -0.497 e. The number of ether oxygens (including phenoxy) is 1. The zero-order valence-corrected chi connectivity index (χ0v) is 12.4. The highest BCUT2D eigenvalue weighted by Gasteiger charge is 2.14. The van der Waals surface area contributed by atoms with Crippen LogP contribution in [0.2, 0.25) is 0 Å². The maximum absolute atomic E-state index is 11.8. The van der Waals surface area contributed by atoms with Gasteiger partial charge >= 0.3 is 5.97 Å². The Morgan fingerprint density at radius 2 is 2.11 bits per heavy atom. The van der Waals surface area contributed by atoms with Gasteiger partial charge in [0.15, 0.2) is 0 Å². The van der Waals surface area contributed by atoms with Crippen molar-refractivity contribution in [1.29, 1.82) is 0 Å². The molecule has 1 rings (SSSR count). The maximum atomic E-state index is 11.8. The van der Waals surface area contributed by atoms with Gasteiger partial charge in [-0.1, -0.05) is 6.92 Å². The lowest BCUT2D eigenvalue weighted by atomic mass is 10.0. The van der Waals surface area contributed by atoms with Gasteiger partial charge in [0.1, 0.15) is 5.75 Å². The number of methoxy groups -OCH3 is 1. The molecule has 0 aliphatic carbocycles. The SMILES string of the molecule is COc1ccc(Br)c(NC(=O)CC(C)CC(=O)O)c1. The average molecular weight is 330 g/mol. The van der Waals surface area contributed by atoms with Crippen LogP contribution in [0.25, 0.3) is 0 Å². The van der Waals surface area contributed by atoms with E-state index in [1.807, 2.05) is 0 Å². The number of rotatable bonds is 6. The number of amides is 1. The molecule has 1 aromatic carbocycles. The topological polar surface area (TPSA) is 75.6 Å². The van der Waals surface area contributed by atoms with Gasteiger partial charge in [-0.2, -0.15) is 0 Å². The first-order chi connectivity index (χ1) is 8.92. The monoisotopic (exact) mass is 329 g/mol. The Bertz CT molecular complexity index is 476. The van der Waals surface area contributed by atoms with Crippen molar-refractivity contribution < 1.29 is 19.4 Å². The molecule has 0 spiro atoms. The Kier molecular flexibility index (Phi) is 5.82. The second-order valence-corrected chi connectivity index (χ2v) is 5.16. The molecule has 0 aliphatic rings. The number of halogens is 1. The lowest BCUT2D eigenvalue weighted by molar-refractivity contribution is -0.138. The summed E-state index contributed by atoms with van der Waals surface area (Å²) in [5, 5.41) is 11.4. The largest absolute Gasteiger partial charge is 0.497 e. The van der Waals surface area contributed by atoms with E-state index in [1.165, 1.54) is 0 Å². The molecule has 0 aliphatic heterocycles. The lowest BCUT2D eigenvalue weighted by Gasteiger charge is -2.11. The van der Waals surface area contributed by atoms with E-state index < -0.39 is 5.97 Å². The summed E-state index contributed by atoms with van der Waals surface area (Å²) in [6.45, 7) is 1.73. The molecule has 1 atom stereocenters. The molecule has 2 N–H and O–H groups in total. The molecule has 0 saturated heterocycles. The van der Waals surface area contributed by atoms with Crippen molar-refractivity contribution in [1.82, 2.24) is 0 Å². The van der Waals surface area contributed by atoms with E-state index in [1.54, 1.807) is 32.2 Å². The van der Waals surface area contributed by atoms with E-state index in [0.29, 0.717) is 11.4 Å². The molecular formula is C13H16BrNO4. The molecule has 6 heteroatoms. The summed E-state index contributed by atoms with van der Waals surface area (Å²) in [6.07, 6.45) is 0.142. The van der Waals surface area contributed by atoms with Gasteiger partial charge in [-0.05, 0) is 34.0 Å². The maximum Gasteiger partial charge on any atom is 0.303 e. The van der Waals surface area contributed by atoms with Gasteiger partial charge in [0.2, 0.25) is 5.91 Å². The number of carbonyl (C=O) groups is 2. The second-order valence-electron chi connectivity index (χ2n) is 4.30. The molecule has 5 nitrogen and oxygen atoms in total. The smallest absolute Gasteiger partial charge is 0.303 e. The fourth-order valence-corrected chi connectivity index (χ4v) is 1.96. The normalized spacial score (nSPS) is 11.7. The fourth-order valence-electron chi connectivity index (χ4n) is 1.62. The Balaban J connectivity index is 2.63. The van der Waals surface area contributed by atoms with Gasteiger partial charge in [0.25, 0.3) is 0 Å². The van der Waals surface area contributed by atoms with E-state index in [9.17, 15) is 9.59 Å². The van der Waals surface area contributed by atoms with Crippen LogP contribution >= 0.6 is 15.9 Å². The molecule has 0 heterocycles. The minimum atomic E-state index is -0.900. The summed E-state index contributed by atoms with van der Waals surface area (Å²) in [4.78, 5) is 22.3. The number of hydrogen-bond acceptors (Lipinski definition) is 3. The first kappa shape index (κ1) is 15.5. The quantitative estimate of drug-likeness (QED) is 0.841. The van der Waals surface area contributed by atoms with Crippen LogP contribution in [0.5, 0.6) is 5.75 Å². The molecule has 0 radical (unpaired) electrons. The Labute approximate surface area is 120 Å². The second kappa shape index (κ2) is 7.13. The first-order valence-electron chi connectivity index (χ1n) is 5.77. The molecule has 1 amide bonds. The number of benzene rings is 1. The van der Waals surface area contributed by atoms with Crippen molar-refractivity contribution in [3.05, 3.63) is 22.7 Å². The summed E-state index contributed by atoms with van der Waals surface area (Å²) in [7, 11) is 1.55. The summed E-state index contributed by atoms with van der Waals surface area (Å²) < 4.78 is 5.82. The van der Waals surface area contributed by atoms with Crippen LogP contribution in [0.1, 0.15) is 19.8 Å². The predicted octanol–water partition coefficient (Wildman–Crippen LogP) is 2.90. The van der Waals surface area contributed by atoms with E-state index in [-0.39, 0.29) is 24.7 Å². The van der Waals surface area contributed by atoms with Crippen LogP contribution in [0, 0.1) is 5.92 Å². The number of carbonyl (C=O) groups excluding carboxylic acids is 1. The highest BCUT2D eigenvalue weighted by molar-refractivity contribution is 9.10. The third kappa shape index (κ3) is 5.30. The first-order valence-corrected chi connectivity index (χ1v) is 6.57. The molecule has 1 aromatic rings. The van der Waals surface area contributed by atoms with Crippen LogP contribution < -0.4 is 10.1 Å². The Morgan fingerprint density at radius 1 is 1.42 bits per heavy atom. The predicted molar refractivity (Wildman–Crippen MR) is 75.4 cm³/mol. The van der Waals surface area contributed by atoms with Crippen molar-refractivity contribution in [2.45, 2.75) is 19.8 Å². The van der Waals surface area contributed by atoms with Crippen molar-refractivity contribution in [3.63, 3.8) is 0 Å². The molecule has 0 bridgehead atoms. The van der Waals surface area contributed by atoms with Crippen molar-refractivity contribution in [3.8, 4) is 5.75 Å². The molecular weight excluding hydrogens is 314 g/mol. The molecule has 0 saturated carbocycles. The number of aliphatic carboxylic acids is 1. The van der Waals surface area contributed by atoms with E-state index >= 15 is 0 Å². The molecule has 104 valence electrons. The van der Waals surface area contributed by atoms with Crippen molar-refractivity contribution in [2.75, 3.05) is 12.4 Å². The van der Waals surface area contributed by atoms with E-state index in [2.05, 4.69) is 21.2 Å². The number of carboxylic acids is 1.